The average Bonchev–Trinajstić information content (AvgIpc) is 2.33. The Labute approximate surface area is 116 Å². The van der Waals surface area contributed by atoms with Gasteiger partial charge in [-0.25, -0.2) is 14.0 Å². The van der Waals surface area contributed by atoms with Crippen LogP contribution < -0.4 is 10.6 Å². The fourth-order valence-corrected chi connectivity index (χ4v) is 1.57. The Morgan fingerprint density at radius 1 is 1.42 bits per heavy atom. The summed E-state index contributed by atoms with van der Waals surface area (Å²) in [5, 5.41) is 22.0. The Balaban J connectivity index is 2.43. The number of anilines is 1. The third kappa shape index (κ3) is 5.23. The summed E-state index contributed by atoms with van der Waals surface area (Å²) in [5.74, 6) is -1.95. The van der Waals surface area contributed by atoms with Gasteiger partial charge in [0, 0.05) is 17.4 Å². The van der Waals surface area contributed by atoms with E-state index in [1.807, 2.05) is 0 Å². The highest BCUT2D eigenvalue weighted by Gasteiger charge is 2.13. The maximum absolute atomic E-state index is 13.3. The largest absolute Gasteiger partial charge is 0.479 e. The van der Waals surface area contributed by atoms with Gasteiger partial charge < -0.3 is 20.8 Å². The molecule has 0 aliphatic rings. The van der Waals surface area contributed by atoms with Gasteiger partial charge in [0.15, 0.2) is 6.10 Å². The van der Waals surface area contributed by atoms with E-state index >= 15 is 0 Å². The Hall–Kier alpha value is -1.67. The lowest BCUT2D eigenvalue weighted by Crippen LogP contribution is -2.33. The summed E-state index contributed by atoms with van der Waals surface area (Å²) < 4.78 is 13.9. The molecular weight excluding hydrogens is 323 g/mol. The Morgan fingerprint density at radius 2 is 2.11 bits per heavy atom. The molecule has 104 valence electrons. The number of urea groups is 1. The molecule has 1 aromatic carbocycles. The molecular formula is C11H12BrFN2O4. The van der Waals surface area contributed by atoms with Gasteiger partial charge in [-0.05, 0) is 18.2 Å². The van der Waals surface area contributed by atoms with E-state index in [2.05, 4.69) is 26.6 Å². The minimum absolute atomic E-state index is 0.00865. The summed E-state index contributed by atoms with van der Waals surface area (Å²) in [5.41, 5.74) is -0.00865. The van der Waals surface area contributed by atoms with Gasteiger partial charge in [-0.2, -0.15) is 0 Å². The van der Waals surface area contributed by atoms with Crippen molar-refractivity contribution >= 4 is 33.6 Å². The summed E-state index contributed by atoms with van der Waals surface area (Å²) in [6.45, 7) is -0.0467. The molecule has 0 heterocycles. The lowest BCUT2D eigenvalue weighted by atomic mass is 10.2. The van der Waals surface area contributed by atoms with E-state index in [4.69, 9.17) is 10.2 Å². The van der Waals surface area contributed by atoms with Crippen LogP contribution in [0.2, 0.25) is 0 Å². The molecule has 0 saturated heterocycles. The summed E-state index contributed by atoms with van der Waals surface area (Å²) in [7, 11) is 0. The SMILES string of the molecule is O=C(NCCC(O)C(=O)O)Nc1cc(Br)ccc1F. The van der Waals surface area contributed by atoms with Crippen molar-refractivity contribution in [3.05, 3.63) is 28.5 Å². The van der Waals surface area contributed by atoms with Gasteiger partial charge in [-0.3, -0.25) is 0 Å². The van der Waals surface area contributed by atoms with Crippen molar-refractivity contribution in [3.8, 4) is 0 Å². The van der Waals surface area contributed by atoms with E-state index in [0.29, 0.717) is 4.47 Å². The quantitative estimate of drug-likeness (QED) is 0.656. The van der Waals surface area contributed by atoms with Crippen LogP contribution >= 0.6 is 15.9 Å². The standard InChI is InChI=1S/C11H12BrFN2O4/c12-6-1-2-7(13)8(5-6)15-11(19)14-4-3-9(16)10(17)18/h1-2,5,9,16H,3-4H2,(H,17,18)(H2,14,15,19). The second-order valence-electron chi connectivity index (χ2n) is 3.65. The molecule has 0 fully saturated rings. The monoisotopic (exact) mass is 334 g/mol. The predicted molar refractivity (Wildman–Crippen MR) is 69.4 cm³/mol. The summed E-state index contributed by atoms with van der Waals surface area (Å²) in [6, 6.07) is 3.38. The summed E-state index contributed by atoms with van der Waals surface area (Å²) in [6.07, 6.45) is -1.67. The number of aliphatic carboxylic acids is 1. The Kier molecular flexibility index (Phi) is 5.71. The zero-order valence-electron chi connectivity index (χ0n) is 9.69. The maximum Gasteiger partial charge on any atom is 0.332 e. The minimum Gasteiger partial charge on any atom is -0.479 e. The smallest absolute Gasteiger partial charge is 0.332 e. The number of benzene rings is 1. The van der Waals surface area contributed by atoms with Crippen LogP contribution in [0.15, 0.2) is 22.7 Å². The average molecular weight is 335 g/mol. The van der Waals surface area contributed by atoms with Gasteiger partial charge in [0.05, 0.1) is 5.69 Å². The van der Waals surface area contributed by atoms with Crippen molar-refractivity contribution in [1.82, 2.24) is 5.32 Å². The molecule has 0 radical (unpaired) electrons. The van der Waals surface area contributed by atoms with Crippen LogP contribution in [0.25, 0.3) is 0 Å². The van der Waals surface area contributed by atoms with Crippen molar-refractivity contribution in [2.24, 2.45) is 0 Å². The first-order valence-electron chi connectivity index (χ1n) is 5.31. The lowest BCUT2D eigenvalue weighted by Gasteiger charge is -2.09. The third-order valence-electron chi connectivity index (χ3n) is 2.16. The molecule has 8 heteroatoms. The van der Waals surface area contributed by atoms with Crippen LogP contribution in [0.3, 0.4) is 0 Å². The second kappa shape index (κ2) is 7.05. The first-order valence-corrected chi connectivity index (χ1v) is 6.10. The number of hydrogen-bond acceptors (Lipinski definition) is 3. The molecule has 0 aliphatic carbocycles. The first-order chi connectivity index (χ1) is 8.90. The second-order valence-corrected chi connectivity index (χ2v) is 4.56. The number of carboxylic acids is 1. The van der Waals surface area contributed by atoms with Gasteiger partial charge in [-0.1, -0.05) is 15.9 Å². The van der Waals surface area contributed by atoms with E-state index in [9.17, 15) is 14.0 Å². The van der Waals surface area contributed by atoms with Crippen molar-refractivity contribution in [1.29, 1.82) is 0 Å². The minimum atomic E-state index is -1.54. The van der Waals surface area contributed by atoms with Gasteiger partial charge in [0.2, 0.25) is 0 Å². The fraction of sp³-hybridized carbons (Fsp3) is 0.273. The van der Waals surface area contributed by atoms with E-state index in [1.165, 1.54) is 18.2 Å². The number of halogens is 2. The molecule has 2 amide bonds. The van der Waals surface area contributed by atoms with E-state index in [0.717, 1.165) is 0 Å². The van der Waals surface area contributed by atoms with Crippen molar-refractivity contribution in [2.45, 2.75) is 12.5 Å². The number of nitrogens with one attached hydrogen (secondary N) is 2. The topological polar surface area (TPSA) is 98.7 Å². The highest BCUT2D eigenvalue weighted by atomic mass is 79.9. The number of amides is 2. The van der Waals surface area contributed by atoms with Crippen LogP contribution in [-0.4, -0.2) is 34.9 Å². The maximum atomic E-state index is 13.3. The van der Waals surface area contributed by atoms with E-state index < -0.39 is 23.9 Å². The predicted octanol–water partition coefficient (Wildman–Crippen LogP) is 1.55. The van der Waals surface area contributed by atoms with E-state index in [-0.39, 0.29) is 18.7 Å². The normalized spacial score (nSPS) is 11.7. The Morgan fingerprint density at radius 3 is 2.74 bits per heavy atom. The van der Waals surface area contributed by atoms with Crippen LogP contribution in [0.1, 0.15) is 6.42 Å². The van der Waals surface area contributed by atoms with Crippen LogP contribution in [0, 0.1) is 5.82 Å². The molecule has 0 aromatic heterocycles. The van der Waals surface area contributed by atoms with Crippen molar-refractivity contribution in [3.63, 3.8) is 0 Å². The molecule has 0 aliphatic heterocycles. The van der Waals surface area contributed by atoms with Crippen LogP contribution in [-0.2, 0) is 4.79 Å². The molecule has 6 nitrogen and oxygen atoms in total. The Bertz CT molecular complexity index is 484. The highest BCUT2D eigenvalue weighted by Crippen LogP contribution is 2.19. The molecule has 0 spiro atoms. The molecule has 4 N–H and O–H groups in total. The summed E-state index contributed by atoms with van der Waals surface area (Å²) >= 11 is 3.14. The van der Waals surface area contributed by atoms with Crippen LogP contribution in [0.4, 0.5) is 14.9 Å². The zero-order valence-corrected chi connectivity index (χ0v) is 11.3. The van der Waals surface area contributed by atoms with Crippen molar-refractivity contribution in [2.75, 3.05) is 11.9 Å². The number of aliphatic hydroxyl groups excluding tert-OH is 1. The molecule has 1 atom stereocenters. The number of carboxylic acid groups (broad SMARTS) is 1. The first kappa shape index (κ1) is 15.4. The number of aliphatic hydroxyl groups is 1. The number of carbonyl (C=O) groups is 2. The molecule has 1 unspecified atom stereocenters. The van der Waals surface area contributed by atoms with E-state index in [1.54, 1.807) is 0 Å². The molecule has 0 bridgehead atoms. The van der Waals surface area contributed by atoms with Crippen molar-refractivity contribution < 1.29 is 24.2 Å². The van der Waals surface area contributed by atoms with Crippen LogP contribution in [0.5, 0.6) is 0 Å². The number of hydrogen-bond donors (Lipinski definition) is 4. The molecule has 0 saturated carbocycles. The van der Waals surface area contributed by atoms with Gasteiger partial charge >= 0.3 is 12.0 Å². The highest BCUT2D eigenvalue weighted by molar-refractivity contribution is 9.10. The molecule has 19 heavy (non-hydrogen) atoms. The zero-order chi connectivity index (χ0) is 14.4. The third-order valence-corrected chi connectivity index (χ3v) is 2.66. The fourth-order valence-electron chi connectivity index (χ4n) is 1.21. The molecule has 1 rings (SSSR count). The number of carbonyl (C=O) groups excluding carboxylic acids is 1. The van der Waals surface area contributed by atoms with Gasteiger partial charge in [0.1, 0.15) is 5.82 Å². The lowest BCUT2D eigenvalue weighted by molar-refractivity contribution is -0.146. The summed E-state index contributed by atoms with van der Waals surface area (Å²) in [4.78, 5) is 21.7. The van der Waals surface area contributed by atoms with Gasteiger partial charge in [-0.15, -0.1) is 0 Å². The molecule has 1 aromatic rings. The van der Waals surface area contributed by atoms with Gasteiger partial charge in [0.25, 0.3) is 0 Å². The number of rotatable bonds is 5.